The molecule has 0 atom stereocenters. The lowest BCUT2D eigenvalue weighted by Crippen LogP contribution is -1.93. The molecule has 2 rings (SSSR count). The summed E-state index contributed by atoms with van der Waals surface area (Å²) < 4.78 is 8.36. The first-order valence-corrected chi connectivity index (χ1v) is 5.38. The van der Waals surface area contributed by atoms with Crippen LogP contribution < -0.4 is 4.74 Å². The second-order valence-electron chi connectivity index (χ2n) is 2.85. The minimum atomic E-state index is 0.562. The summed E-state index contributed by atoms with van der Waals surface area (Å²) in [5.41, 5.74) is 0.932. The van der Waals surface area contributed by atoms with E-state index < -0.39 is 0 Å². The van der Waals surface area contributed by atoms with Gasteiger partial charge < -0.3 is 4.74 Å². The Kier molecular flexibility index (Phi) is 2.88. The van der Waals surface area contributed by atoms with E-state index in [4.69, 9.17) is 17.0 Å². The number of benzene rings is 1. The number of H-pyrrole nitrogens is 1. The second kappa shape index (κ2) is 4.16. The third kappa shape index (κ3) is 1.95. The maximum atomic E-state index is 5.14. The maximum absolute atomic E-state index is 5.14. The minimum Gasteiger partial charge on any atom is -0.496 e. The lowest BCUT2D eigenvalue weighted by Gasteiger charge is -2.06. The smallest absolute Gasteiger partial charge is 0.199 e. The number of nitrogens with one attached hydrogen (secondary N) is 1. The van der Waals surface area contributed by atoms with Gasteiger partial charge in [0.15, 0.2) is 4.77 Å². The molecule has 0 fully saturated rings. The molecule has 1 heterocycles. The van der Waals surface area contributed by atoms with Gasteiger partial charge in [0.2, 0.25) is 0 Å². The molecule has 0 saturated carbocycles. The van der Waals surface area contributed by atoms with Crippen molar-refractivity contribution in [3.8, 4) is 11.4 Å². The highest BCUT2D eigenvalue weighted by atomic mass is 79.9. The molecule has 15 heavy (non-hydrogen) atoms. The Balaban J connectivity index is 2.52. The lowest BCUT2D eigenvalue weighted by molar-refractivity contribution is 0.412. The van der Waals surface area contributed by atoms with E-state index in [9.17, 15) is 0 Å². The standard InChI is InChI=1S/C9H8BrN3OS/c1-14-8-3-2-6(4-7(8)10)13-5-11-12-9(13)15/h2-5H,1H3,(H,12,15). The summed E-state index contributed by atoms with van der Waals surface area (Å²) in [5.74, 6) is 0.786. The molecular weight excluding hydrogens is 278 g/mol. The second-order valence-corrected chi connectivity index (χ2v) is 4.09. The predicted octanol–water partition coefficient (Wildman–Crippen LogP) is 2.70. The van der Waals surface area contributed by atoms with Crippen LogP contribution >= 0.6 is 28.1 Å². The number of hydrogen-bond donors (Lipinski definition) is 1. The van der Waals surface area contributed by atoms with Crippen molar-refractivity contribution in [3.63, 3.8) is 0 Å². The van der Waals surface area contributed by atoms with Crippen LogP contribution in [-0.2, 0) is 0 Å². The molecule has 0 aliphatic carbocycles. The third-order valence-electron chi connectivity index (χ3n) is 1.97. The lowest BCUT2D eigenvalue weighted by atomic mass is 10.3. The van der Waals surface area contributed by atoms with Crippen LogP contribution in [0.4, 0.5) is 0 Å². The molecule has 1 aromatic carbocycles. The van der Waals surface area contributed by atoms with E-state index >= 15 is 0 Å². The Bertz CT molecular complexity index is 534. The molecule has 6 heteroatoms. The van der Waals surface area contributed by atoms with Crippen molar-refractivity contribution in [1.29, 1.82) is 0 Å². The highest BCUT2D eigenvalue weighted by Gasteiger charge is 2.03. The molecule has 0 aliphatic heterocycles. The van der Waals surface area contributed by atoms with E-state index in [1.807, 2.05) is 18.2 Å². The van der Waals surface area contributed by atoms with Gasteiger partial charge in [-0.25, -0.2) is 0 Å². The van der Waals surface area contributed by atoms with Crippen LogP contribution in [-0.4, -0.2) is 21.9 Å². The molecule has 2 aromatic rings. The molecule has 78 valence electrons. The zero-order valence-electron chi connectivity index (χ0n) is 7.90. The Hall–Kier alpha value is -1.14. The van der Waals surface area contributed by atoms with Gasteiger partial charge in [-0.15, -0.1) is 0 Å². The molecule has 1 aromatic heterocycles. The van der Waals surface area contributed by atoms with Crippen molar-refractivity contribution < 1.29 is 4.74 Å². The van der Waals surface area contributed by atoms with Gasteiger partial charge in [-0.2, -0.15) is 5.10 Å². The Morgan fingerprint density at radius 2 is 2.33 bits per heavy atom. The normalized spacial score (nSPS) is 10.3. The van der Waals surface area contributed by atoms with Crippen LogP contribution in [0.1, 0.15) is 0 Å². The summed E-state index contributed by atoms with van der Waals surface area (Å²) in [6.07, 6.45) is 1.64. The molecule has 0 aliphatic rings. The summed E-state index contributed by atoms with van der Waals surface area (Å²) in [6, 6.07) is 5.70. The SMILES string of the molecule is COc1ccc(-n2cn[nH]c2=S)cc1Br. The molecule has 0 unspecified atom stereocenters. The van der Waals surface area contributed by atoms with E-state index in [0.29, 0.717) is 4.77 Å². The van der Waals surface area contributed by atoms with Gasteiger partial charge in [0.25, 0.3) is 0 Å². The Morgan fingerprint density at radius 1 is 1.53 bits per heavy atom. The van der Waals surface area contributed by atoms with Crippen molar-refractivity contribution in [2.45, 2.75) is 0 Å². The summed E-state index contributed by atoms with van der Waals surface area (Å²) >= 11 is 8.48. The van der Waals surface area contributed by atoms with Crippen molar-refractivity contribution in [2.75, 3.05) is 7.11 Å². The zero-order chi connectivity index (χ0) is 10.8. The highest BCUT2D eigenvalue weighted by molar-refractivity contribution is 9.10. The Morgan fingerprint density at radius 3 is 2.87 bits per heavy atom. The number of ether oxygens (including phenoxy) is 1. The van der Waals surface area contributed by atoms with Gasteiger partial charge in [-0.3, -0.25) is 9.67 Å². The molecule has 0 saturated heterocycles. The van der Waals surface area contributed by atoms with Crippen molar-refractivity contribution >= 4 is 28.1 Å². The number of aromatic nitrogens is 3. The number of halogens is 1. The van der Waals surface area contributed by atoms with Gasteiger partial charge in [0, 0.05) is 0 Å². The van der Waals surface area contributed by atoms with E-state index in [0.717, 1.165) is 15.9 Å². The first-order valence-electron chi connectivity index (χ1n) is 4.18. The predicted molar refractivity (Wildman–Crippen MR) is 63.0 cm³/mol. The number of methoxy groups -OCH3 is 1. The van der Waals surface area contributed by atoms with Crippen molar-refractivity contribution in [1.82, 2.24) is 14.8 Å². The monoisotopic (exact) mass is 285 g/mol. The number of hydrogen-bond acceptors (Lipinski definition) is 3. The fourth-order valence-corrected chi connectivity index (χ4v) is 1.97. The number of nitrogens with zero attached hydrogens (tertiary/aromatic N) is 2. The first kappa shape index (κ1) is 10.4. The number of rotatable bonds is 2. The number of aromatic amines is 1. The zero-order valence-corrected chi connectivity index (χ0v) is 10.3. The first-order chi connectivity index (χ1) is 7.22. The van der Waals surface area contributed by atoms with E-state index in [2.05, 4.69) is 26.1 Å². The maximum Gasteiger partial charge on any atom is 0.199 e. The van der Waals surface area contributed by atoms with Gasteiger partial charge in [-0.1, -0.05) is 0 Å². The Labute approximate surface area is 100 Å². The van der Waals surface area contributed by atoms with Gasteiger partial charge in [0.05, 0.1) is 17.3 Å². The highest BCUT2D eigenvalue weighted by Crippen LogP contribution is 2.26. The van der Waals surface area contributed by atoms with E-state index in [-0.39, 0.29) is 0 Å². The molecule has 0 amide bonds. The van der Waals surface area contributed by atoms with Gasteiger partial charge in [0.1, 0.15) is 12.1 Å². The van der Waals surface area contributed by atoms with Crippen LogP contribution in [0.3, 0.4) is 0 Å². The molecule has 0 spiro atoms. The average molecular weight is 286 g/mol. The van der Waals surface area contributed by atoms with Gasteiger partial charge >= 0.3 is 0 Å². The minimum absolute atomic E-state index is 0.562. The fourth-order valence-electron chi connectivity index (χ4n) is 1.24. The van der Waals surface area contributed by atoms with Crippen LogP contribution in [0, 0.1) is 4.77 Å². The van der Waals surface area contributed by atoms with Gasteiger partial charge in [-0.05, 0) is 46.3 Å². The molecule has 0 radical (unpaired) electrons. The fraction of sp³-hybridized carbons (Fsp3) is 0.111. The average Bonchev–Trinajstić information content (AvgIpc) is 2.64. The molecular formula is C9H8BrN3OS. The van der Waals surface area contributed by atoms with Crippen molar-refractivity contribution in [3.05, 3.63) is 33.8 Å². The summed E-state index contributed by atoms with van der Waals surface area (Å²) in [7, 11) is 1.63. The van der Waals surface area contributed by atoms with Crippen LogP contribution in [0.2, 0.25) is 0 Å². The van der Waals surface area contributed by atoms with E-state index in [1.54, 1.807) is 18.0 Å². The van der Waals surface area contributed by atoms with Crippen LogP contribution in [0.5, 0.6) is 5.75 Å². The topological polar surface area (TPSA) is 42.8 Å². The summed E-state index contributed by atoms with van der Waals surface area (Å²) in [4.78, 5) is 0. The van der Waals surface area contributed by atoms with Crippen LogP contribution in [0.15, 0.2) is 29.0 Å². The summed E-state index contributed by atoms with van der Waals surface area (Å²) in [6.45, 7) is 0. The van der Waals surface area contributed by atoms with Crippen LogP contribution in [0.25, 0.3) is 5.69 Å². The van der Waals surface area contributed by atoms with Crippen molar-refractivity contribution in [2.24, 2.45) is 0 Å². The quantitative estimate of drug-likeness (QED) is 0.863. The molecule has 4 nitrogen and oxygen atoms in total. The summed E-state index contributed by atoms with van der Waals surface area (Å²) in [5, 5.41) is 6.55. The molecule has 1 N–H and O–H groups in total. The molecule has 0 bridgehead atoms. The largest absolute Gasteiger partial charge is 0.496 e. The third-order valence-corrected chi connectivity index (χ3v) is 2.87. The van der Waals surface area contributed by atoms with E-state index in [1.165, 1.54) is 0 Å².